The molecule has 0 unspecified atom stereocenters. The SMILES string of the molecule is Cc1nn(C)c(C)c1CC(=O)N(C)Cc1ccsc1. The molecule has 2 aromatic rings. The molecule has 2 aromatic heterocycles. The Morgan fingerprint density at radius 2 is 2.21 bits per heavy atom. The smallest absolute Gasteiger partial charge is 0.227 e. The minimum Gasteiger partial charge on any atom is -0.341 e. The van der Waals surface area contributed by atoms with Crippen LogP contribution in [0.5, 0.6) is 0 Å². The third kappa shape index (κ3) is 3.04. The minimum absolute atomic E-state index is 0.130. The molecule has 5 heteroatoms. The topological polar surface area (TPSA) is 38.1 Å². The third-order valence-electron chi connectivity index (χ3n) is 3.41. The maximum Gasteiger partial charge on any atom is 0.227 e. The molecule has 1 amide bonds. The fraction of sp³-hybridized carbons (Fsp3) is 0.429. The highest BCUT2D eigenvalue weighted by Gasteiger charge is 2.16. The molecule has 0 saturated heterocycles. The van der Waals surface area contributed by atoms with Crippen molar-refractivity contribution < 1.29 is 4.79 Å². The van der Waals surface area contributed by atoms with Crippen molar-refractivity contribution in [3.63, 3.8) is 0 Å². The van der Waals surface area contributed by atoms with Crippen LogP contribution in [-0.4, -0.2) is 27.6 Å². The molecular formula is C14H19N3OS. The Labute approximate surface area is 117 Å². The molecule has 2 rings (SSSR count). The number of rotatable bonds is 4. The van der Waals surface area contributed by atoms with Crippen LogP contribution in [0.2, 0.25) is 0 Å². The van der Waals surface area contributed by atoms with Gasteiger partial charge in [-0.05, 0) is 36.2 Å². The van der Waals surface area contributed by atoms with Crippen molar-refractivity contribution >= 4 is 17.2 Å². The Balaban J connectivity index is 2.04. The lowest BCUT2D eigenvalue weighted by molar-refractivity contribution is -0.129. The summed E-state index contributed by atoms with van der Waals surface area (Å²) in [5.74, 6) is 0.130. The standard InChI is InChI=1S/C14H19N3OS/c1-10-13(11(2)17(4)15-10)7-14(18)16(3)8-12-5-6-19-9-12/h5-6,9H,7-8H2,1-4H3. The molecule has 19 heavy (non-hydrogen) atoms. The summed E-state index contributed by atoms with van der Waals surface area (Å²) in [4.78, 5) is 14.0. The van der Waals surface area contributed by atoms with Crippen LogP contribution in [0.1, 0.15) is 22.5 Å². The highest BCUT2D eigenvalue weighted by molar-refractivity contribution is 7.07. The van der Waals surface area contributed by atoms with Crippen LogP contribution >= 0.6 is 11.3 Å². The average Bonchev–Trinajstić information content (AvgIpc) is 2.94. The van der Waals surface area contributed by atoms with Gasteiger partial charge < -0.3 is 4.90 Å². The maximum atomic E-state index is 12.2. The van der Waals surface area contributed by atoms with Crippen LogP contribution in [0.4, 0.5) is 0 Å². The summed E-state index contributed by atoms with van der Waals surface area (Å²) in [6, 6.07) is 2.05. The van der Waals surface area contributed by atoms with Crippen molar-refractivity contribution in [1.29, 1.82) is 0 Å². The number of carbonyl (C=O) groups is 1. The van der Waals surface area contributed by atoms with Gasteiger partial charge in [0.1, 0.15) is 0 Å². The number of hydrogen-bond acceptors (Lipinski definition) is 3. The first-order valence-electron chi connectivity index (χ1n) is 6.23. The van der Waals surface area contributed by atoms with Crippen LogP contribution in [0.3, 0.4) is 0 Å². The van der Waals surface area contributed by atoms with Gasteiger partial charge in [0.25, 0.3) is 0 Å². The zero-order valence-electron chi connectivity index (χ0n) is 11.8. The summed E-state index contributed by atoms with van der Waals surface area (Å²) in [6.45, 7) is 4.62. The highest BCUT2D eigenvalue weighted by Crippen LogP contribution is 2.15. The summed E-state index contributed by atoms with van der Waals surface area (Å²) >= 11 is 1.65. The van der Waals surface area contributed by atoms with E-state index in [4.69, 9.17) is 0 Å². The molecule has 0 atom stereocenters. The summed E-state index contributed by atoms with van der Waals surface area (Å²) in [6.07, 6.45) is 0.423. The van der Waals surface area contributed by atoms with E-state index in [0.29, 0.717) is 13.0 Å². The van der Waals surface area contributed by atoms with E-state index in [2.05, 4.69) is 16.5 Å². The molecule has 0 bridgehead atoms. The van der Waals surface area contributed by atoms with Gasteiger partial charge in [0.2, 0.25) is 5.91 Å². The second-order valence-corrected chi connectivity index (χ2v) is 5.61. The molecule has 0 aliphatic heterocycles. The van der Waals surface area contributed by atoms with Gasteiger partial charge in [-0.1, -0.05) is 0 Å². The van der Waals surface area contributed by atoms with Gasteiger partial charge in [-0.15, -0.1) is 0 Å². The number of aryl methyl sites for hydroxylation is 2. The van der Waals surface area contributed by atoms with E-state index in [1.54, 1.807) is 16.2 Å². The zero-order chi connectivity index (χ0) is 14.0. The molecule has 2 heterocycles. The van der Waals surface area contributed by atoms with Crippen molar-refractivity contribution in [1.82, 2.24) is 14.7 Å². The van der Waals surface area contributed by atoms with Crippen molar-refractivity contribution in [3.8, 4) is 0 Å². The minimum atomic E-state index is 0.130. The van der Waals surface area contributed by atoms with Crippen LogP contribution in [0.15, 0.2) is 16.8 Å². The molecule has 0 aromatic carbocycles. The maximum absolute atomic E-state index is 12.2. The molecule has 0 N–H and O–H groups in total. The molecule has 0 spiro atoms. The van der Waals surface area contributed by atoms with Crippen molar-refractivity contribution in [3.05, 3.63) is 39.3 Å². The van der Waals surface area contributed by atoms with Crippen molar-refractivity contribution in [2.24, 2.45) is 7.05 Å². The fourth-order valence-corrected chi connectivity index (χ4v) is 2.76. The normalized spacial score (nSPS) is 10.7. The molecular weight excluding hydrogens is 258 g/mol. The quantitative estimate of drug-likeness (QED) is 0.860. The van der Waals surface area contributed by atoms with Gasteiger partial charge in [0.05, 0.1) is 12.1 Å². The van der Waals surface area contributed by atoms with Crippen LogP contribution < -0.4 is 0 Å². The van der Waals surface area contributed by atoms with Crippen LogP contribution in [-0.2, 0) is 24.8 Å². The number of carbonyl (C=O) groups excluding carboxylic acids is 1. The predicted molar refractivity (Wildman–Crippen MR) is 77.2 cm³/mol. The lowest BCUT2D eigenvalue weighted by Crippen LogP contribution is -2.27. The average molecular weight is 277 g/mol. The van der Waals surface area contributed by atoms with E-state index in [-0.39, 0.29) is 5.91 Å². The first-order chi connectivity index (χ1) is 8.99. The van der Waals surface area contributed by atoms with Gasteiger partial charge in [-0.3, -0.25) is 9.48 Å². The Bertz CT molecular complexity index is 572. The first-order valence-corrected chi connectivity index (χ1v) is 7.17. The second kappa shape index (κ2) is 5.57. The number of likely N-dealkylation sites (N-methyl/N-ethyl adjacent to an activating group) is 1. The molecule has 0 fully saturated rings. The Kier molecular flexibility index (Phi) is 4.04. The molecule has 0 aliphatic carbocycles. The van der Waals surface area contributed by atoms with E-state index >= 15 is 0 Å². The number of aromatic nitrogens is 2. The zero-order valence-corrected chi connectivity index (χ0v) is 12.6. The van der Waals surface area contributed by atoms with Gasteiger partial charge in [0, 0.05) is 31.9 Å². The van der Waals surface area contributed by atoms with Crippen LogP contribution in [0, 0.1) is 13.8 Å². The summed E-state index contributed by atoms with van der Waals surface area (Å²) in [5.41, 5.74) is 4.23. The second-order valence-electron chi connectivity index (χ2n) is 4.83. The fourth-order valence-electron chi connectivity index (χ4n) is 2.10. The number of nitrogens with zero attached hydrogens (tertiary/aromatic N) is 3. The van der Waals surface area contributed by atoms with Crippen LogP contribution in [0.25, 0.3) is 0 Å². The Morgan fingerprint density at radius 3 is 2.74 bits per heavy atom. The summed E-state index contributed by atoms with van der Waals surface area (Å²) < 4.78 is 1.83. The van der Waals surface area contributed by atoms with E-state index in [1.807, 2.05) is 38.0 Å². The third-order valence-corrected chi connectivity index (χ3v) is 4.14. The number of thiophene rings is 1. The largest absolute Gasteiger partial charge is 0.341 e. The summed E-state index contributed by atoms with van der Waals surface area (Å²) in [5, 5.41) is 8.45. The van der Waals surface area contributed by atoms with Gasteiger partial charge >= 0.3 is 0 Å². The number of hydrogen-bond donors (Lipinski definition) is 0. The lowest BCUT2D eigenvalue weighted by atomic mass is 10.1. The lowest BCUT2D eigenvalue weighted by Gasteiger charge is -2.16. The van der Waals surface area contributed by atoms with E-state index in [0.717, 1.165) is 17.0 Å². The monoisotopic (exact) mass is 277 g/mol. The Hall–Kier alpha value is -1.62. The molecule has 4 nitrogen and oxygen atoms in total. The predicted octanol–water partition coefficient (Wildman–Crippen LogP) is 2.30. The van der Waals surface area contributed by atoms with Gasteiger partial charge in [-0.25, -0.2) is 0 Å². The first kappa shape index (κ1) is 13.8. The van der Waals surface area contributed by atoms with E-state index < -0.39 is 0 Å². The Morgan fingerprint density at radius 1 is 1.47 bits per heavy atom. The molecule has 0 aliphatic rings. The highest BCUT2D eigenvalue weighted by atomic mass is 32.1. The van der Waals surface area contributed by atoms with Crippen molar-refractivity contribution in [2.75, 3.05) is 7.05 Å². The molecule has 102 valence electrons. The number of amides is 1. The van der Waals surface area contributed by atoms with Gasteiger partial charge in [0.15, 0.2) is 0 Å². The van der Waals surface area contributed by atoms with E-state index in [9.17, 15) is 4.79 Å². The van der Waals surface area contributed by atoms with Crippen molar-refractivity contribution in [2.45, 2.75) is 26.8 Å². The molecule has 0 radical (unpaired) electrons. The summed E-state index contributed by atoms with van der Waals surface area (Å²) in [7, 11) is 3.76. The van der Waals surface area contributed by atoms with Gasteiger partial charge in [-0.2, -0.15) is 16.4 Å². The molecule has 0 saturated carbocycles. The van der Waals surface area contributed by atoms with E-state index in [1.165, 1.54) is 5.56 Å².